The number of fused-ring (bicyclic) bond motifs is 10. The van der Waals surface area contributed by atoms with E-state index in [-0.39, 0.29) is 0 Å². The zero-order valence-electron chi connectivity index (χ0n) is 29.1. The minimum Gasteiger partial charge on any atom is -0.309 e. The van der Waals surface area contributed by atoms with Crippen molar-refractivity contribution in [1.82, 2.24) is 19.1 Å². The second kappa shape index (κ2) is 11.1. The van der Waals surface area contributed by atoms with Gasteiger partial charge in [-0.3, -0.25) is 4.57 Å². The van der Waals surface area contributed by atoms with Crippen LogP contribution in [-0.4, -0.2) is 19.1 Å². The molecule has 0 saturated carbocycles. The van der Waals surface area contributed by atoms with E-state index in [0.717, 1.165) is 50.2 Å². The maximum Gasteiger partial charge on any atom is 0.165 e. The Balaban J connectivity index is 1.27. The third kappa shape index (κ3) is 4.13. The maximum absolute atomic E-state index is 5.50. The molecule has 12 aromatic rings. The van der Waals surface area contributed by atoms with Gasteiger partial charge in [0.05, 0.1) is 38.8 Å². The van der Waals surface area contributed by atoms with Gasteiger partial charge in [0.1, 0.15) is 5.69 Å². The van der Waals surface area contributed by atoms with Gasteiger partial charge in [0.15, 0.2) is 5.82 Å². The van der Waals surface area contributed by atoms with Gasteiger partial charge in [-0.2, -0.15) is 0 Å². The number of rotatable bonds is 3. The fraction of sp³-hybridized carbons (Fsp3) is 0. The van der Waals surface area contributed by atoms with Crippen molar-refractivity contribution in [2.24, 2.45) is 0 Å². The van der Waals surface area contributed by atoms with Crippen molar-refractivity contribution in [1.29, 1.82) is 0 Å². The molecular formula is C50H30N4. The number of nitrogens with zero attached hydrogens (tertiary/aromatic N) is 4. The topological polar surface area (TPSA) is 35.6 Å². The Labute approximate surface area is 309 Å². The number of benzene rings is 9. The summed E-state index contributed by atoms with van der Waals surface area (Å²) in [5.41, 5.74) is 9.31. The fourth-order valence-corrected chi connectivity index (χ4v) is 8.82. The van der Waals surface area contributed by atoms with Crippen molar-refractivity contribution in [3.8, 4) is 22.8 Å². The van der Waals surface area contributed by atoms with Crippen LogP contribution < -0.4 is 0 Å². The molecule has 0 aliphatic heterocycles. The first-order valence-electron chi connectivity index (χ1n) is 18.4. The first-order valence-corrected chi connectivity index (χ1v) is 18.4. The predicted octanol–water partition coefficient (Wildman–Crippen LogP) is 13.0. The monoisotopic (exact) mass is 686 g/mol. The van der Waals surface area contributed by atoms with Gasteiger partial charge in [-0.25, -0.2) is 9.97 Å². The molecular weight excluding hydrogens is 657 g/mol. The number of hydrogen-bond donors (Lipinski definition) is 0. The van der Waals surface area contributed by atoms with Crippen molar-refractivity contribution in [2.45, 2.75) is 0 Å². The van der Waals surface area contributed by atoms with Crippen molar-refractivity contribution in [3.05, 3.63) is 182 Å². The van der Waals surface area contributed by atoms with Gasteiger partial charge in [0, 0.05) is 27.1 Å². The maximum atomic E-state index is 5.50. The van der Waals surface area contributed by atoms with E-state index in [1.54, 1.807) is 0 Å². The standard InChI is InChI=1S/C50H30N4/c1-3-16-34-29-46-39(27-32(34)14-1)37-20-7-10-24-43(37)53(46)44-25-12-26-45-48(44)40-28-33-15-2-4-17-35(33)30-47(40)54(45)50-49(51-41-22-8-9-23-42(41)52-50)38-21-11-18-31-13-5-6-19-36(31)38/h1-30H. The smallest absolute Gasteiger partial charge is 0.165 e. The van der Waals surface area contributed by atoms with Crippen LogP contribution >= 0.6 is 0 Å². The Bertz CT molecular complexity index is 3510. The third-order valence-electron chi connectivity index (χ3n) is 11.2. The highest BCUT2D eigenvalue weighted by Gasteiger charge is 2.24. The molecule has 0 spiro atoms. The van der Waals surface area contributed by atoms with Gasteiger partial charge in [0.25, 0.3) is 0 Å². The molecule has 4 heteroatoms. The first kappa shape index (κ1) is 29.3. The highest BCUT2D eigenvalue weighted by Crippen LogP contribution is 2.43. The van der Waals surface area contributed by atoms with Crippen molar-refractivity contribution in [3.63, 3.8) is 0 Å². The summed E-state index contributed by atoms with van der Waals surface area (Å²) in [5, 5.41) is 12.0. The van der Waals surface area contributed by atoms with Crippen molar-refractivity contribution >= 4 is 87.0 Å². The lowest BCUT2D eigenvalue weighted by atomic mass is 10.0. The van der Waals surface area contributed by atoms with E-state index in [4.69, 9.17) is 9.97 Å². The molecule has 0 unspecified atom stereocenters. The molecule has 0 aliphatic carbocycles. The van der Waals surface area contributed by atoms with E-state index in [9.17, 15) is 0 Å². The molecule has 4 nitrogen and oxygen atoms in total. The van der Waals surface area contributed by atoms with Gasteiger partial charge < -0.3 is 4.57 Å². The van der Waals surface area contributed by atoms with E-state index in [1.807, 2.05) is 12.1 Å². The van der Waals surface area contributed by atoms with Gasteiger partial charge in [-0.05, 0) is 86.9 Å². The van der Waals surface area contributed by atoms with E-state index >= 15 is 0 Å². The second-order valence-corrected chi connectivity index (χ2v) is 14.2. The summed E-state index contributed by atoms with van der Waals surface area (Å²) in [6.07, 6.45) is 0. The van der Waals surface area contributed by atoms with Gasteiger partial charge in [-0.1, -0.05) is 127 Å². The zero-order valence-corrected chi connectivity index (χ0v) is 29.1. The summed E-state index contributed by atoms with van der Waals surface area (Å²) in [6.45, 7) is 0. The average Bonchev–Trinajstić information content (AvgIpc) is 3.73. The highest BCUT2D eigenvalue weighted by molar-refractivity contribution is 6.20. The minimum atomic E-state index is 0.811. The van der Waals surface area contributed by atoms with Crippen LogP contribution in [0.5, 0.6) is 0 Å². The van der Waals surface area contributed by atoms with E-state index < -0.39 is 0 Å². The largest absolute Gasteiger partial charge is 0.309 e. The molecule has 9 aromatic carbocycles. The molecule has 250 valence electrons. The summed E-state index contributed by atoms with van der Waals surface area (Å²) in [4.78, 5) is 10.9. The lowest BCUT2D eigenvalue weighted by Gasteiger charge is -2.15. The lowest BCUT2D eigenvalue weighted by molar-refractivity contribution is 1.08. The molecule has 0 N–H and O–H groups in total. The molecule has 12 rings (SSSR count). The minimum absolute atomic E-state index is 0.811. The number of hydrogen-bond acceptors (Lipinski definition) is 2. The van der Waals surface area contributed by atoms with E-state index in [0.29, 0.717) is 0 Å². The molecule has 54 heavy (non-hydrogen) atoms. The summed E-state index contributed by atoms with van der Waals surface area (Å²) in [7, 11) is 0. The van der Waals surface area contributed by atoms with Gasteiger partial charge in [-0.15, -0.1) is 0 Å². The van der Waals surface area contributed by atoms with Crippen LogP contribution in [0.1, 0.15) is 0 Å². The van der Waals surface area contributed by atoms with Crippen molar-refractivity contribution in [2.75, 3.05) is 0 Å². The highest BCUT2D eigenvalue weighted by atomic mass is 15.1. The predicted molar refractivity (Wildman–Crippen MR) is 226 cm³/mol. The van der Waals surface area contributed by atoms with Crippen LogP contribution in [0.4, 0.5) is 0 Å². The average molecular weight is 687 g/mol. The van der Waals surface area contributed by atoms with Crippen LogP contribution in [-0.2, 0) is 0 Å². The molecule has 0 amide bonds. The normalized spacial score (nSPS) is 12.1. The Kier molecular flexibility index (Phi) is 6.02. The third-order valence-corrected chi connectivity index (χ3v) is 11.2. The Morgan fingerprint density at radius 3 is 1.63 bits per heavy atom. The number of aromatic nitrogens is 4. The van der Waals surface area contributed by atoms with Crippen LogP contribution in [0.3, 0.4) is 0 Å². The molecule has 0 radical (unpaired) electrons. The summed E-state index contributed by atoms with van der Waals surface area (Å²) in [5.74, 6) is 0.811. The van der Waals surface area contributed by atoms with Gasteiger partial charge in [0.2, 0.25) is 0 Å². The quantitative estimate of drug-likeness (QED) is 0.185. The molecule has 0 aliphatic rings. The van der Waals surface area contributed by atoms with Crippen LogP contribution in [0.15, 0.2) is 182 Å². The van der Waals surface area contributed by atoms with E-state index in [2.05, 4.69) is 179 Å². The Morgan fingerprint density at radius 2 is 0.870 bits per heavy atom. The molecule has 0 atom stereocenters. The number of para-hydroxylation sites is 3. The van der Waals surface area contributed by atoms with E-state index in [1.165, 1.54) is 59.5 Å². The molecule has 0 bridgehead atoms. The van der Waals surface area contributed by atoms with Gasteiger partial charge >= 0.3 is 0 Å². The lowest BCUT2D eigenvalue weighted by Crippen LogP contribution is -2.04. The molecule has 3 heterocycles. The molecule has 0 fully saturated rings. The second-order valence-electron chi connectivity index (χ2n) is 14.2. The van der Waals surface area contributed by atoms with Crippen LogP contribution in [0.25, 0.3) is 110 Å². The summed E-state index contributed by atoms with van der Waals surface area (Å²) in [6, 6.07) is 65.5. The summed E-state index contributed by atoms with van der Waals surface area (Å²) >= 11 is 0. The molecule has 3 aromatic heterocycles. The van der Waals surface area contributed by atoms with Crippen LogP contribution in [0.2, 0.25) is 0 Å². The first-order chi connectivity index (χ1) is 26.8. The fourth-order valence-electron chi connectivity index (χ4n) is 8.82. The van der Waals surface area contributed by atoms with Crippen LogP contribution in [0, 0.1) is 0 Å². The van der Waals surface area contributed by atoms with Crippen molar-refractivity contribution < 1.29 is 0 Å². The zero-order chi connectivity index (χ0) is 35.3. The SMILES string of the molecule is c1ccc2cc3c(cc2c1)c1ccccc1n3-c1cccc2c1c1cc3ccccc3cc1n2-c1nc2ccccc2nc1-c1cccc2ccccc12. The Hall–Kier alpha value is -7.30. The summed E-state index contributed by atoms with van der Waals surface area (Å²) < 4.78 is 4.83. The molecule has 0 saturated heterocycles. The Morgan fingerprint density at radius 1 is 0.333 bits per heavy atom.